The van der Waals surface area contributed by atoms with Crippen LogP contribution in [0.5, 0.6) is 0 Å². The van der Waals surface area contributed by atoms with Crippen LogP contribution >= 0.6 is 11.5 Å². The number of rotatable bonds is 5. The molecule has 3 aromatic rings. The summed E-state index contributed by atoms with van der Waals surface area (Å²) in [5.74, 6) is 2.88. The molecule has 1 saturated heterocycles. The molecule has 1 fully saturated rings. The van der Waals surface area contributed by atoms with Gasteiger partial charge in [-0.25, -0.2) is 9.97 Å². The van der Waals surface area contributed by atoms with Crippen LogP contribution in [0.25, 0.3) is 11.0 Å². The molecule has 1 aliphatic heterocycles. The SMILES string of the molecule is CCc1nsc(N2CCN(C(=NC)NCCc3nc4ccccc4[nH]3)CC2)n1. The Labute approximate surface area is 168 Å². The lowest BCUT2D eigenvalue weighted by Crippen LogP contribution is -2.52. The second-order valence-corrected chi connectivity index (χ2v) is 7.48. The maximum atomic E-state index is 4.63. The Morgan fingerprint density at radius 1 is 1.21 bits per heavy atom. The minimum Gasteiger partial charge on any atom is -0.356 e. The molecule has 0 bridgehead atoms. The Bertz CT molecular complexity index is 905. The summed E-state index contributed by atoms with van der Waals surface area (Å²) in [7, 11) is 1.84. The van der Waals surface area contributed by atoms with E-state index >= 15 is 0 Å². The number of fused-ring (bicyclic) bond motifs is 1. The quantitative estimate of drug-likeness (QED) is 0.505. The van der Waals surface area contributed by atoms with Crippen molar-refractivity contribution in [2.45, 2.75) is 19.8 Å². The van der Waals surface area contributed by atoms with Gasteiger partial charge in [0.25, 0.3) is 0 Å². The van der Waals surface area contributed by atoms with Crippen molar-refractivity contribution in [1.82, 2.24) is 29.5 Å². The zero-order valence-electron chi connectivity index (χ0n) is 16.4. The van der Waals surface area contributed by atoms with Gasteiger partial charge in [-0.3, -0.25) is 4.99 Å². The standard InChI is InChI=1S/C19H26N8S/c1-3-16-24-19(28-25-16)27-12-10-26(11-13-27)18(20-2)21-9-8-17-22-14-6-4-5-7-15(14)23-17/h4-7H,3,8-13H2,1-2H3,(H,20,21)(H,22,23). The number of aliphatic imine (C=N–C) groups is 1. The molecular weight excluding hydrogens is 372 g/mol. The van der Waals surface area contributed by atoms with E-state index in [4.69, 9.17) is 0 Å². The number of aromatic nitrogens is 4. The first-order valence-corrected chi connectivity index (χ1v) is 10.5. The van der Waals surface area contributed by atoms with Gasteiger partial charge in [-0.15, -0.1) is 0 Å². The lowest BCUT2D eigenvalue weighted by Gasteiger charge is -2.36. The summed E-state index contributed by atoms with van der Waals surface area (Å²) < 4.78 is 4.40. The van der Waals surface area contributed by atoms with Crippen LogP contribution in [-0.4, -0.2) is 70.0 Å². The number of benzene rings is 1. The molecule has 0 amide bonds. The number of aromatic amines is 1. The average Bonchev–Trinajstić information content (AvgIpc) is 3.38. The van der Waals surface area contributed by atoms with Crippen molar-refractivity contribution in [3.8, 4) is 0 Å². The molecule has 0 saturated carbocycles. The highest BCUT2D eigenvalue weighted by Crippen LogP contribution is 2.19. The molecule has 148 valence electrons. The summed E-state index contributed by atoms with van der Waals surface area (Å²) in [6.45, 7) is 6.59. The fourth-order valence-electron chi connectivity index (χ4n) is 3.38. The predicted molar refractivity (Wildman–Crippen MR) is 114 cm³/mol. The summed E-state index contributed by atoms with van der Waals surface area (Å²) in [6, 6.07) is 8.12. The van der Waals surface area contributed by atoms with E-state index in [1.54, 1.807) is 0 Å². The Kier molecular flexibility index (Phi) is 5.70. The molecule has 4 rings (SSSR count). The highest BCUT2D eigenvalue weighted by molar-refractivity contribution is 7.09. The van der Waals surface area contributed by atoms with Crippen LogP contribution in [0.4, 0.5) is 5.13 Å². The highest BCUT2D eigenvalue weighted by Gasteiger charge is 2.22. The molecule has 0 spiro atoms. The van der Waals surface area contributed by atoms with Gasteiger partial charge in [-0.05, 0) is 12.1 Å². The minimum atomic E-state index is 0.795. The van der Waals surface area contributed by atoms with Gasteiger partial charge in [0.1, 0.15) is 11.6 Å². The molecule has 0 atom stereocenters. The molecule has 2 N–H and O–H groups in total. The van der Waals surface area contributed by atoms with Crippen LogP contribution in [0.2, 0.25) is 0 Å². The first kappa shape index (κ1) is 18.7. The van der Waals surface area contributed by atoms with Crippen LogP contribution in [-0.2, 0) is 12.8 Å². The predicted octanol–water partition coefficient (Wildman–Crippen LogP) is 1.92. The van der Waals surface area contributed by atoms with Crippen molar-refractivity contribution in [1.29, 1.82) is 0 Å². The van der Waals surface area contributed by atoms with Crippen LogP contribution in [0.15, 0.2) is 29.3 Å². The van der Waals surface area contributed by atoms with E-state index in [1.807, 2.05) is 25.2 Å². The molecule has 0 aliphatic carbocycles. The van der Waals surface area contributed by atoms with Crippen LogP contribution in [0.3, 0.4) is 0 Å². The number of anilines is 1. The first-order chi connectivity index (χ1) is 13.8. The molecule has 3 heterocycles. The van der Waals surface area contributed by atoms with Crippen molar-refractivity contribution in [3.63, 3.8) is 0 Å². The monoisotopic (exact) mass is 398 g/mol. The topological polar surface area (TPSA) is 85.3 Å². The maximum absolute atomic E-state index is 4.63. The van der Waals surface area contributed by atoms with Gasteiger partial charge in [-0.2, -0.15) is 4.37 Å². The molecular formula is C19H26N8S. The number of hydrogen-bond donors (Lipinski definition) is 2. The largest absolute Gasteiger partial charge is 0.356 e. The lowest BCUT2D eigenvalue weighted by atomic mass is 10.3. The van der Waals surface area contributed by atoms with E-state index in [9.17, 15) is 0 Å². The van der Waals surface area contributed by atoms with Gasteiger partial charge in [0.2, 0.25) is 5.13 Å². The van der Waals surface area contributed by atoms with E-state index in [-0.39, 0.29) is 0 Å². The molecule has 1 aromatic carbocycles. The van der Waals surface area contributed by atoms with Crippen molar-refractivity contribution in [2.75, 3.05) is 44.7 Å². The third kappa shape index (κ3) is 4.09. The van der Waals surface area contributed by atoms with Crippen LogP contribution < -0.4 is 10.2 Å². The summed E-state index contributed by atoms with van der Waals surface area (Å²) in [6.07, 6.45) is 1.72. The number of aryl methyl sites for hydroxylation is 1. The van der Waals surface area contributed by atoms with Gasteiger partial charge < -0.3 is 20.1 Å². The summed E-state index contributed by atoms with van der Waals surface area (Å²) >= 11 is 1.50. The second kappa shape index (κ2) is 8.55. The van der Waals surface area contributed by atoms with Crippen molar-refractivity contribution in [2.24, 2.45) is 4.99 Å². The number of guanidine groups is 1. The van der Waals surface area contributed by atoms with Crippen molar-refractivity contribution < 1.29 is 0 Å². The average molecular weight is 399 g/mol. The maximum Gasteiger partial charge on any atom is 0.205 e. The van der Waals surface area contributed by atoms with E-state index < -0.39 is 0 Å². The van der Waals surface area contributed by atoms with Gasteiger partial charge in [-0.1, -0.05) is 19.1 Å². The number of hydrogen-bond acceptors (Lipinski definition) is 6. The smallest absolute Gasteiger partial charge is 0.205 e. The third-order valence-corrected chi connectivity index (χ3v) is 5.73. The Hall–Kier alpha value is -2.68. The molecule has 1 aliphatic rings. The first-order valence-electron chi connectivity index (χ1n) is 9.73. The number of piperazine rings is 1. The van der Waals surface area contributed by atoms with E-state index in [2.05, 4.69) is 52.4 Å². The second-order valence-electron chi connectivity index (χ2n) is 6.75. The summed E-state index contributed by atoms with van der Waals surface area (Å²) in [5, 5.41) is 4.50. The fraction of sp³-hybridized carbons (Fsp3) is 0.474. The Balaban J connectivity index is 1.27. The van der Waals surface area contributed by atoms with E-state index in [0.29, 0.717) is 0 Å². The Morgan fingerprint density at radius 3 is 2.75 bits per heavy atom. The summed E-state index contributed by atoms with van der Waals surface area (Å²) in [5.41, 5.74) is 2.10. The zero-order valence-corrected chi connectivity index (χ0v) is 17.2. The molecule has 2 aromatic heterocycles. The molecule has 0 unspecified atom stereocenters. The number of nitrogens with one attached hydrogen (secondary N) is 2. The van der Waals surface area contributed by atoms with Gasteiger partial charge in [0.15, 0.2) is 5.96 Å². The van der Waals surface area contributed by atoms with Gasteiger partial charge in [0.05, 0.1) is 11.0 Å². The molecule has 8 nitrogen and oxygen atoms in total. The third-order valence-electron chi connectivity index (χ3n) is 4.92. The normalized spacial score (nSPS) is 15.4. The van der Waals surface area contributed by atoms with E-state index in [1.165, 1.54) is 11.5 Å². The van der Waals surface area contributed by atoms with Crippen molar-refractivity contribution in [3.05, 3.63) is 35.9 Å². The summed E-state index contributed by atoms with van der Waals surface area (Å²) in [4.78, 5) is 21.7. The number of nitrogens with zero attached hydrogens (tertiary/aromatic N) is 6. The zero-order chi connectivity index (χ0) is 19.3. The van der Waals surface area contributed by atoms with Crippen LogP contribution in [0, 0.1) is 0 Å². The van der Waals surface area contributed by atoms with Crippen LogP contribution in [0.1, 0.15) is 18.6 Å². The van der Waals surface area contributed by atoms with Crippen molar-refractivity contribution >= 4 is 33.7 Å². The van der Waals surface area contributed by atoms with Gasteiger partial charge in [0, 0.05) is 64.1 Å². The number of para-hydroxylation sites is 2. The lowest BCUT2D eigenvalue weighted by molar-refractivity contribution is 0.372. The minimum absolute atomic E-state index is 0.795. The molecule has 9 heteroatoms. The van der Waals surface area contributed by atoms with E-state index in [0.717, 1.165) is 79.3 Å². The fourth-order valence-corrected chi connectivity index (χ4v) is 4.18. The number of imidazole rings is 1. The number of H-pyrrole nitrogens is 1. The Morgan fingerprint density at radius 2 is 2.04 bits per heavy atom. The molecule has 0 radical (unpaired) electrons. The highest BCUT2D eigenvalue weighted by atomic mass is 32.1. The molecule has 28 heavy (non-hydrogen) atoms. The van der Waals surface area contributed by atoms with Gasteiger partial charge >= 0.3 is 0 Å².